The van der Waals surface area contributed by atoms with E-state index in [1.807, 2.05) is 18.2 Å². The minimum atomic E-state index is -2.77. The van der Waals surface area contributed by atoms with Crippen LogP contribution in [0, 0.1) is 0 Å². The Balaban J connectivity index is 2.03. The van der Waals surface area contributed by atoms with E-state index in [1.54, 1.807) is 12.1 Å². The summed E-state index contributed by atoms with van der Waals surface area (Å²) < 4.78 is 29.0. The van der Waals surface area contributed by atoms with E-state index in [1.165, 1.54) is 5.56 Å². The van der Waals surface area contributed by atoms with E-state index < -0.39 is 6.61 Å². The third kappa shape index (κ3) is 5.92. The maximum absolute atomic E-state index is 12.3. The number of nitrogens with one attached hydrogen (secondary N) is 1. The van der Waals surface area contributed by atoms with Crippen LogP contribution in [-0.2, 0) is 0 Å². The molecule has 1 aromatic carbocycles. The van der Waals surface area contributed by atoms with Crippen molar-refractivity contribution in [3.8, 4) is 5.75 Å². The molecule has 0 amide bonds. The van der Waals surface area contributed by atoms with Crippen LogP contribution in [0.1, 0.15) is 37.3 Å². The topological polar surface area (TPSA) is 24.5 Å². The molecular formula is C18H26F2N2O. The van der Waals surface area contributed by atoms with Crippen LogP contribution in [0.2, 0.25) is 0 Å². The van der Waals surface area contributed by atoms with Gasteiger partial charge in [0.25, 0.3) is 0 Å². The summed E-state index contributed by atoms with van der Waals surface area (Å²) in [5, 5.41) is 3.37. The Kier molecular flexibility index (Phi) is 7.49. The van der Waals surface area contributed by atoms with Gasteiger partial charge in [-0.3, -0.25) is 4.90 Å². The average molecular weight is 324 g/mol. The number of benzene rings is 1. The van der Waals surface area contributed by atoms with Gasteiger partial charge in [-0.1, -0.05) is 24.6 Å². The predicted molar refractivity (Wildman–Crippen MR) is 88.9 cm³/mol. The summed E-state index contributed by atoms with van der Waals surface area (Å²) in [5.74, 6) is 0.217. The third-order valence-corrected chi connectivity index (χ3v) is 4.22. The minimum absolute atomic E-state index is 0.217. The molecule has 1 saturated heterocycles. The van der Waals surface area contributed by atoms with E-state index in [0.29, 0.717) is 6.04 Å². The highest BCUT2D eigenvalue weighted by Gasteiger charge is 2.21. The summed E-state index contributed by atoms with van der Waals surface area (Å²) in [6.07, 6.45) is 6.34. The quantitative estimate of drug-likeness (QED) is 0.549. The Bertz CT molecular complexity index is 459. The summed E-state index contributed by atoms with van der Waals surface area (Å²) in [6.45, 7) is 5.01. The van der Waals surface area contributed by atoms with E-state index in [4.69, 9.17) is 0 Å². The average Bonchev–Trinajstić information content (AvgIpc) is 2.56. The van der Waals surface area contributed by atoms with Crippen LogP contribution in [-0.4, -0.2) is 37.7 Å². The Morgan fingerprint density at radius 3 is 2.48 bits per heavy atom. The van der Waals surface area contributed by atoms with E-state index in [0.717, 1.165) is 51.9 Å². The van der Waals surface area contributed by atoms with Crippen molar-refractivity contribution < 1.29 is 13.5 Å². The molecule has 23 heavy (non-hydrogen) atoms. The van der Waals surface area contributed by atoms with Gasteiger partial charge in [-0.2, -0.15) is 8.78 Å². The number of halogens is 2. The molecule has 128 valence electrons. The lowest BCUT2D eigenvalue weighted by Gasteiger charge is -2.35. The molecule has 1 fully saturated rings. The molecule has 1 aliphatic rings. The first-order valence-electron chi connectivity index (χ1n) is 8.31. The number of nitrogens with zero attached hydrogens (tertiary/aromatic N) is 1. The largest absolute Gasteiger partial charge is 0.435 e. The van der Waals surface area contributed by atoms with Crippen molar-refractivity contribution in [2.24, 2.45) is 0 Å². The molecule has 0 aliphatic carbocycles. The highest BCUT2D eigenvalue weighted by molar-refractivity contribution is 5.29. The van der Waals surface area contributed by atoms with Crippen molar-refractivity contribution in [1.82, 2.24) is 10.2 Å². The number of alkyl halides is 2. The number of piperazine rings is 1. The molecule has 0 unspecified atom stereocenters. The van der Waals surface area contributed by atoms with Gasteiger partial charge in [-0.05, 0) is 37.0 Å². The van der Waals surface area contributed by atoms with Crippen molar-refractivity contribution in [3.05, 3.63) is 42.5 Å². The molecule has 3 nitrogen and oxygen atoms in total. The fraction of sp³-hybridized carbons (Fsp3) is 0.556. The number of hydrogen-bond donors (Lipinski definition) is 1. The van der Waals surface area contributed by atoms with E-state index >= 15 is 0 Å². The van der Waals surface area contributed by atoms with Crippen LogP contribution in [0.25, 0.3) is 0 Å². The SMILES string of the molecule is C=CCCCC[C@@H](c1ccc(OC(F)F)cc1)N1CCNCC1. The lowest BCUT2D eigenvalue weighted by Crippen LogP contribution is -2.45. The van der Waals surface area contributed by atoms with Gasteiger partial charge in [0.1, 0.15) is 5.75 Å². The second kappa shape index (κ2) is 9.63. The Morgan fingerprint density at radius 2 is 1.87 bits per heavy atom. The standard InChI is InChI=1S/C18H26F2N2O/c1-2-3-4-5-6-17(22-13-11-21-12-14-22)15-7-9-16(10-8-15)23-18(19)20/h2,7-10,17-18,21H,1,3-6,11-14H2/t17-/m0/s1. The highest BCUT2D eigenvalue weighted by Crippen LogP contribution is 2.29. The zero-order valence-corrected chi connectivity index (χ0v) is 13.5. The Hall–Kier alpha value is -1.46. The summed E-state index contributed by atoms with van der Waals surface area (Å²) in [6, 6.07) is 7.44. The molecule has 2 rings (SSSR count). The first kappa shape index (κ1) is 17.9. The van der Waals surface area contributed by atoms with Gasteiger partial charge in [-0.15, -0.1) is 6.58 Å². The van der Waals surface area contributed by atoms with E-state index in [-0.39, 0.29) is 5.75 Å². The summed E-state index contributed by atoms with van der Waals surface area (Å²) in [5.41, 5.74) is 1.17. The Labute approximate surface area is 137 Å². The van der Waals surface area contributed by atoms with Crippen molar-refractivity contribution in [3.63, 3.8) is 0 Å². The smallest absolute Gasteiger partial charge is 0.387 e. The monoisotopic (exact) mass is 324 g/mol. The zero-order chi connectivity index (χ0) is 16.5. The molecule has 1 heterocycles. The fourth-order valence-electron chi connectivity index (χ4n) is 3.05. The van der Waals surface area contributed by atoms with Gasteiger partial charge in [0, 0.05) is 32.2 Å². The van der Waals surface area contributed by atoms with Gasteiger partial charge in [0.05, 0.1) is 0 Å². The van der Waals surface area contributed by atoms with Crippen molar-refractivity contribution >= 4 is 0 Å². The van der Waals surface area contributed by atoms with Crippen LogP contribution < -0.4 is 10.1 Å². The maximum Gasteiger partial charge on any atom is 0.387 e. The number of ether oxygens (including phenoxy) is 1. The second-order valence-corrected chi connectivity index (χ2v) is 5.82. The van der Waals surface area contributed by atoms with Crippen LogP contribution in [0.3, 0.4) is 0 Å². The number of hydrogen-bond acceptors (Lipinski definition) is 3. The Morgan fingerprint density at radius 1 is 1.17 bits per heavy atom. The lowest BCUT2D eigenvalue weighted by molar-refractivity contribution is -0.0498. The molecular weight excluding hydrogens is 298 g/mol. The maximum atomic E-state index is 12.3. The van der Waals surface area contributed by atoms with Gasteiger partial charge < -0.3 is 10.1 Å². The first-order chi connectivity index (χ1) is 11.2. The fourth-order valence-corrected chi connectivity index (χ4v) is 3.05. The van der Waals surface area contributed by atoms with Gasteiger partial charge in [0.15, 0.2) is 0 Å². The molecule has 0 bridgehead atoms. The predicted octanol–water partition coefficient (Wildman–Crippen LogP) is 3.98. The molecule has 5 heteroatoms. The highest BCUT2D eigenvalue weighted by atomic mass is 19.3. The van der Waals surface area contributed by atoms with Crippen LogP contribution in [0.4, 0.5) is 8.78 Å². The third-order valence-electron chi connectivity index (χ3n) is 4.22. The molecule has 1 N–H and O–H groups in total. The minimum Gasteiger partial charge on any atom is -0.435 e. The van der Waals surface area contributed by atoms with Gasteiger partial charge in [0.2, 0.25) is 0 Å². The first-order valence-corrected chi connectivity index (χ1v) is 8.31. The molecule has 1 aromatic rings. The summed E-state index contributed by atoms with van der Waals surface area (Å²) >= 11 is 0. The number of allylic oxidation sites excluding steroid dienone is 1. The van der Waals surface area contributed by atoms with Gasteiger partial charge in [-0.25, -0.2) is 0 Å². The van der Waals surface area contributed by atoms with Crippen LogP contribution in [0.5, 0.6) is 5.75 Å². The number of rotatable bonds is 9. The molecule has 0 spiro atoms. The van der Waals surface area contributed by atoms with Crippen molar-refractivity contribution in [2.45, 2.75) is 38.3 Å². The van der Waals surface area contributed by atoms with Crippen LogP contribution in [0.15, 0.2) is 36.9 Å². The summed E-state index contributed by atoms with van der Waals surface area (Å²) in [7, 11) is 0. The van der Waals surface area contributed by atoms with Crippen LogP contribution >= 0.6 is 0 Å². The van der Waals surface area contributed by atoms with E-state index in [2.05, 4.69) is 21.5 Å². The normalized spacial score (nSPS) is 17.2. The molecule has 0 aromatic heterocycles. The summed E-state index contributed by atoms with van der Waals surface area (Å²) in [4.78, 5) is 2.48. The second-order valence-electron chi connectivity index (χ2n) is 5.82. The zero-order valence-electron chi connectivity index (χ0n) is 13.5. The number of unbranched alkanes of at least 4 members (excludes halogenated alkanes) is 2. The molecule has 1 aliphatic heterocycles. The molecule has 0 saturated carbocycles. The van der Waals surface area contributed by atoms with Crippen molar-refractivity contribution in [2.75, 3.05) is 26.2 Å². The molecule has 0 radical (unpaired) electrons. The van der Waals surface area contributed by atoms with Gasteiger partial charge >= 0.3 is 6.61 Å². The van der Waals surface area contributed by atoms with E-state index in [9.17, 15) is 8.78 Å². The van der Waals surface area contributed by atoms with Crippen molar-refractivity contribution in [1.29, 1.82) is 0 Å². The molecule has 1 atom stereocenters. The lowest BCUT2D eigenvalue weighted by atomic mass is 9.98.